The molecule has 2 N–H and O–H groups in total. The molecule has 0 radical (unpaired) electrons. The van der Waals surface area contributed by atoms with Crippen LogP contribution in [0.3, 0.4) is 0 Å². The van der Waals surface area contributed by atoms with Crippen LogP contribution in [0.25, 0.3) is 0 Å². The lowest BCUT2D eigenvalue weighted by Gasteiger charge is -2.44. The predicted octanol–water partition coefficient (Wildman–Crippen LogP) is 6.32. The summed E-state index contributed by atoms with van der Waals surface area (Å²) in [4.78, 5) is 11.9. The summed E-state index contributed by atoms with van der Waals surface area (Å²) in [6.07, 6.45) is 2.84. The fraction of sp³-hybridized carbons (Fsp3) is 0.458. The monoisotopic (exact) mass is 476 g/mol. The maximum Gasteiger partial charge on any atom is 0.303 e. The number of hydrogen-bond donors (Lipinski definition) is 2. The van der Waals surface area contributed by atoms with Gasteiger partial charge >= 0.3 is 5.97 Å². The smallest absolute Gasteiger partial charge is 0.303 e. The number of carbonyl (C=O) groups is 1. The second-order valence-corrected chi connectivity index (χ2v) is 10.7. The van der Waals surface area contributed by atoms with Crippen molar-refractivity contribution in [3.8, 4) is 0 Å². The molecule has 3 nitrogen and oxygen atoms in total. The van der Waals surface area contributed by atoms with Crippen LogP contribution in [0.5, 0.6) is 0 Å². The standard InChI is InChI=1S/C24H29BrO3S/c1-4-14-29-24(17-8-7-9-18(25)15-17,23(12-13-23)16-21(26)27)20-11-6-5-10-19(20)22(2,3)28/h5-11,15,28H,4,12-14,16H2,1-3H3,(H,26,27). The first kappa shape index (κ1) is 22.4. The predicted molar refractivity (Wildman–Crippen MR) is 123 cm³/mol. The molecule has 1 unspecified atom stereocenters. The van der Waals surface area contributed by atoms with Crippen LogP contribution in [0.1, 0.15) is 63.1 Å². The van der Waals surface area contributed by atoms with E-state index in [0.29, 0.717) is 0 Å². The van der Waals surface area contributed by atoms with Crippen molar-refractivity contribution in [1.29, 1.82) is 0 Å². The topological polar surface area (TPSA) is 57.5 Å². The van der Waals surface area contributed by atoms with E-state index in [0.717, 1.165) is 46.2 Å². The summed E-state index contributed by atoms with van der Waals surface area (Å²) in [5, 5.41) is 20.8. The second-order valence-electron chi connectivity index (χ2n) is 8.50. The summed E-state index contributed by atoms with van der Waals surface area (Å²) in [6, 6.07) is 16.2. The molecule has 1 saturated carbocycles. The van der Waals surface area contributed by atoms with E-state index >= 15 is 0 Å². The second kappa shape index (κ2) is 8.44. The molecule has 1 aliphatic rings. The first-order valence-electron chi connectivity index (χ1n) is 10.1. The van der Waals surface area contributed by atoms with Crippen LogP contribution in [0.15, 0.2) is 53.0 Å². The van der Waals surface area contributed by atoms with Gasteiger partial charge in [-0.05, 0) is 67.7 Å². The zero-order chi connectivity index (χ0) is 21.3. The van der Waals surface area contributed by atoms with Crippen LogP contribution in [0.2, 0.25) is 0 Å². The molecule has 0 spiro atoms. The van der Waals surface area contributed by atoms with Gasteiger partial charge in [0.05, 0.1) is 16.8 Å². The molecule has 2 aromatic carbocycles. The Balaban J connectivity index is 2.36. The molecule has 2 aromatic rings. The van der Waals surface area contributed by atoms with Crippen molar-refractivity contribution < 1.29 is 15.0 Å². The fourth-order valence-corrected chi connectivity index (χ4v) is 6.56. The molecule has 1 atom stereocenters. The molecular weight excluding hydrogens is 448 g/mol. The van der Waals surface area contributed by atoms with Crippen molar-refractivity contribution in [2.45, 2.75) is 56.8 Å². The van der Waals surface area contributed by atoms with Crippen LogP contribution in [-0.4, -0.2) is 21.9 Å². The summed E-state index contributed by atoms with van der Waals surface area (Å²) in [7, 11) is 0. The van der Waals surface area contributed by atoms with E-state index in [1.54, 1.807) is 13.8 Å². The summed E-state index contributed by atoms with van der Waals surface area (Å²) >= 11 is 5.45. The zero-order valence-electron chi connectivity index (χ0n) is 17.2. The van der Waals surface area contributed by atoms with Crippen LogP contribution in [0, 0.1) is 5.41 Å². The Morgan fingerprint density at radius 3 is 2.31 bits per heavy atom. The maximum absolute atomic E-state index is 11.9. The highest BCUT2D eigenvalue weighted by atomic mass is 79.9. The molecule has 0 aliphatic heterocycles. The van der Waals surface area contributed by atoms with E-state index in [2.05, 4.69) is 41.1 Å². The van der Waals surface area contributed by atoms with Crippen molar-refractivity contribution in [1.82, 2.24) is 0 Å². The Hall–Kier alpha value is -1.30. The minimum Gasteiger partial charge on any atom is -0.481 e. The van der Waals surface area contributed by atoms with E-state index in [4.69, 9.17) is 0 Å². The lowest BCUT2D eigenvalue weighted by molar-refractivity contribution is -0.138. The highest BCUT2D eigenvalue weighted by molar-refractivity contribution is 9.10. The summed E-state index contributed by atoms with van der Waals surface area (Å²) in [5.74, 6) is 0.147. The van der Waals surface area contributed by atoms with E-state index in [1.165, 1.54) is 0 Å². The van der Waals surface area contributed by atoms with Gasteiger partial charge in [-0.25, -0.2) is 0 Å². The molecule has 0 heterocycles. The van der Waals surface area contributed by atoms with Gasteiger partial charge in [0.2, 0.25) is 0 Å². The molecule has 0 saturated heterocycles. The number of halogens is 1. The molecule has 29 heavy (non-hydrogen) atoms. The Morgan fingerprint density at radius 1 is 1.14 bits per heavy atom. The van der Waals surface area contributed by atoms with Crippen molar-refractivity contribution in [2.75, 3.05) is 5.75 Å². The minimum absolute atomic E-state index is 0.121. The largest absolute Gasteiger partial charge is 0.481 e. The van der Waals surface area contributed by atoms with Gasteiger partial charge in [0, 0.05) is 9.89 Å². The highest BCUT2D eigenvalue weighted by Gasteiger charge is 2.62. The number of carboxylic acid groups (broad SMARTS) is 1. The molecular formula is C24H29BrO3S. The average Bonchev–Trinajstić information content (AvgIpc) is 3.42. The van der Waals surface area contributed by atoms with Crippen molar-refractivity contribution >= 4 is 33.7 Å². The number of aliphatic hydroxyl groups is 1. The number of benzene rings is 2. The fourth-order valence-electron chi connectivity index (χ4n) is 4.44. The third-order valence-electron chi connectivity index (χ3n) is 5.81. The zero-order valence-corrected chi connectivity index (χ0v) is 19.6. The lowest BCUT2D eigenvalue weighted by Crippen LogP contribution is -2.39. The average molecular weight is 477 g/mol. The third kappa shape index (κ3) is 4.28. The van der Waals surface area contributed by atoms with Gasteiger partial charge in [-0.15, -0.1) is 11.8 Å². The molecule has 0 aromatic heterocycles. The molecule has 0 bridgehead atoms. The van der Waals surface area contributed by atoms with E-state index in [9.17, 15) is 15.0 Å². The van der Waals surface area contributed by atoms with E-state index in [-0.39, 0.29) is 11.8 Å². The Bertz CT molecular complexity index is 886. The van der Waals surface area contributed by atoms with Gasteiger partial charge in [0.1, 0.15) is 0 Å². The van der Waals surface area contributed by atoms with Crippen LogP contribution >= 0.6 is 27.7 Å². The Labute approximate surface area is 186 Å². The molecule has 0 amide bonds. The molecule has 1 aliphatic carbocycles. The molecule has 3 rings (SSSR count). The normalized spacial score (nSPS) is 17.6. The first-order chi connectivity index (χ1) is 13.7. The highest BCUT2D eigenvalue weighted by Crippen LogP contribution is 2.69. The SMILES string of the molecule is CCCSC(c1cccc(Br)c1)(c1ccccc1C(C)(C)O)C1(CC(=O)O)CC1. The van der Waals surface area contributed by atoms with Gasteiger partial charge in [0.25, 0.3) is 0 Å². The maximum atomic E-state index is 11.9. The lowest BCUT2D eigenvalue weighted by atomic mass is 9.72. The molecule has 5 heteroatoms. The number of thioether (sulfide) groups is 1. The van der Waals surface area contributed by atoms with Crippen molar-refractivity contribution in [2.24, 2.45) is 5.41 Å². The van der Waals surface area contributed by atoms with E-state index < -0.39 is 16.3 Å². The van der Waals surface area contributed by atoms with E-state index in [1.807, 2.05) is 42.1 Å². The quantitative estimate of drug-likeness (QED) is 0.444. The minimum atomic E-state index is -1.03. The third-order valence-corrected chi connectivity index (χ3v) is 8.24. The number of hydrogen-bond acceptors (Lipinski definition) is 3. The summed E-state index contributed by atoms with van der Waals surface area (Å²) in [6.45, 7) is 5.76. The van der Waals surface area contributed by atoms with Gasteiger partial charge in [-0.3, -0.25) is 4.79 Å². The van der Waals surface area contributed by atoms with Crippen molar-refractivity contribution in [3.05, 3.63) is 69.7 Å². The Kier molecular flexibility index (Phi) is 6.52. The molecule has 1 fully saturated rings. The van der Waals surface area contributed by atoms with Crippen LogP contribution < -0.4 is 0 Å². The van der Waals surface area contributed by atoms with Crippen molar-refractivity contribution in [3.63, 3.8) is 0 Å². The number of rotatable bonds is 9. The van der Waals surface area contributed by atoms with Gasteiger partial charge < -0.3 is 10.2 Å². The molecule has 156 valence electrons. The first-order valence-corrected chi connectivity index (χ1v) is 11.9. The Morgan fingerprint density at radius 2 is 1.79 bits per heavy atom. The van der Waals surface area contributed by atoms with Crippen LogP contribution in [0.4, 0.5) is 0 Å². The summed E-state index contributed by atoms with van der Waals surface area (Å²) in [5.41, 5.74) is 1.59. The number of aliphatic carboxylic acids is 1. The number of carboxylic acids is 1. The van der Waals surface area contributed by atoms with Crippen LogP contribution in [-0.2, 0) is 15.1 Å². The summed E-state index contributed by atoms with van der Waals surface area (Å²) < 4.78 is 0.435. The van der Waals surface area contributed by atoms with Gasteiger partial charge in [0.15, 0.2) is 0 Å². The van der Waals surface area contributed by atoms with Gasteiger partial charge in [-0.1, -0.05) is 59.3 Å². The van der Waals surface area contributed by atoms with Gasteiger partial charge in [-0.2, -0.15) is 0 Å².